The Labute approximate surface area is 137 Å². The molecule has 2 heterocycles. The highest BCUT2D eigenvalue weighted by molar-refractivity contribution is 5.80. The largest absolute Gasteiger partial charge is 0.388 e. The minimum atomic E-state index is -0.525. The van der Waals surface area contributed by atoms with Gasteiger partial charge in [-0.15, -0.1) is 0 Å². The number of hydrogen-bond donors (Lipinski definition) is 2. The maximum atomic E-state index is 10.2. The summed E-state index contributed by atoms with van der Waals surface area (Å²) in [6.07, 6.45) is 2.90. The third-order valence-corrected chi connectivity index (χ3v) is 4.81. The number of rotatable bonds is 4. The van der Waals surface area contributed by atoms with E-state index in [9.17, 15) is 5.11 Å². The van der Waals surface area contributed by atoms with Crippen LogP contribution in [-0.4, -0.2) is 71.4 Å². The fourth-order valence-corrected chi connectivity index (χ4v) is 3.18. The van der Waals surface area contributed by atoms with Crippen LogP contribution in [0.15, 0.2) is 15.6 Å². The molecule has 128 valence electrons. The van der Waals surface area contributed by atoms with Crippen molar-refractivity contribution in [3.63, 3.8) is 0 Å². The molecule has 0 spiro atoms. The van der Waals surface area contributed by atoms with E-state index in [2.05, 4.69) is 25.3 Å². The highest BCUT2D eigenvalue weighted by Gasteiger charge is 2.34. The van der Waals surface area contributed by atoms with Crippen LogP contribution in [0.4, 0.5) is 0 Å². The van der Waals surface area contributed by atoms with Crippen LogP contribution in [0, 0.1) is 6.92 Å². The molecule has 1 saturated heterocycles. The van der Waals surface area contributed by atoms with Gasteiger partial charge < -0.3 is 19.8 Å². The van der Waals surface area contributed by atoms with Gasteiger partial charge in [-0.2, -0.15) is 0 Å². The van der Waals surface area contributed by atoms with Crippen molar-refractivity contribution in [3.05, 3.63) is 17.5 Å². The van der Waals surface area contributed by atoms with Gasteiger partial charge in [-0.05, 0) is 26.2 Å². The van der Waals surface area contributed by atoms with Crippen LogP contribution < -0.4 is 5.32 Å². The minimum Gasteiger partial charge on any atom is -0.388 e. The zero-order valence-electron chi connectivity index (χ0n) is 14.1. The second-order valence-electron chi connectivity index (χ2n) is 6.67. The SMILES string of the molecule is CN=C(NCC1(O)CCC1)N1CCN(Cc2cc(C)on2)CC1. The standard InChI is InChI=1S/C16H27N5O2/c1-13-10-14(19-23-13)11-20-6-8-21(9-7-20)15(17-2)18-12-16(22)4-3-5-16/h10,22H,3-9,11-12H2,1-2H3,(H,17,18). The minimum absolute atomic E-state index is 0.525. The Kier molecular flexibility index (Phi) is 4.87. The molecule has 0 amide bonds. The van der Waals surface area contributed by atoms with Crippen LogP contribution in [0.25, 0.3) is 0 Å². The number of nitrogens with one attached hydrogen (secondary N) is 1. The third-order valence-electron chi connectivity index (χ3n) is 4.81. The molecule has 3 rings (SSSR count). The Balaban J connectivity index is 1.45. The quantitative estimate of drug-likeness (QED) is 0.624. The Morgan fingerprint density at radius 2 is 2.13 bits per heavy atom. The zero-order chi connectivity index (χ0) is 16.3. The summed E-state index contributed by atoms with van der Waals surface area (Å²) >= 11 is 0. The summed E-state index contributed by atoms with van der Waals surface area (Å²) in [6.45, 7) is 7.13. The van der Waals surface area contributed by atoms with Crippen molar-refractivity contribution in [1.82, 2.24) is 20.3 Å². The average molecular weight is 321 g/mol. The van der Waals surface area contributed by atoms with Gasteiger partial charge in [0.2, 0.25) is 0 Å². The van der Waals surface area contributed by atoms with Crippen molar-refractivity contribution in [2.24, 2.45) is 4.99 Å². The van der Waals surface area contributed by atoms with E-state index in [4.69, 9.17) is 4.52 Å². The van der Waals surface area contributed by atoms with Gasteiger partial charge in [-0.1, -0.05) is 5.16 Å². The lowest BCUT2D eigenvalue weighted by Crippen LogP contribution is -2.55. The van der Waals surface area contributed by atoms with Crippen molar-refractivity contribution in [2.45, 2.75) is 38.3 Å². The first-order chi connectivity index (χ1) is 11.1. The van der Waals surface area contributed by atoms with Gasteiger partial charge >= 0.3 is 0 Å². The third kappa shape index (κ3) is 4.03. The summed E-state index contributed by atoms with van der Waals surface area (Å²) < 4.78 is 5.12. The number of aliphatic imine (C=N–C) groups is 1. The van der Waals surface area contributed by atoms with Gasteiger partial charge in [0.15, 0.2) is 5.96 Å². The van der Waals surface area contributed by atoms with Crippen LogP contribution in [0.5, 0.6) is 0 Å². The van der Waals surface area contributed by atoms with Crippen molar-refractivity contribution in [2.75, 3.05) is 39.8 Å². The van der Waals surface area contributed by atoms with E-state index < -0.39 is 5.60 Å². The molecule has 7 heteroatoms. The Morgan fingerprint density at radius 1 is 1.39 bits per heavy atom. The van der Waals surface area contributed by atoms with Crippen LogP contribution in [0.2, 0.25) is 0 Å². The Bertz CT molecular complexity index is 544. The average Bonchev–Trinajstić information content (AvgIpc) is 2.92. The van der Waals surface area contributed by atoms with E-state index in [1.165, 1.54) is 0 Å². The Morgan fingerprint density at radius 3 is 2.65 bits per heavy atom. The second kappa shape index (κ2) is 6.88. The maximum Gasteiger partial charge on any atom is 0.193 e. The molecule has 0 aromatic carbocycles. The van der Waals surface area contributed by atoms with Crippen LogP contribution >= 0.6 is 0 Å². The van der Waals surface area contributed by atoms with E-state index in [-0.39, 0.29) is 0 Å². The van der Waals surface area contributed by atoms with Crippen LogP contribution in [0.3, 0.4) is 0 Å². The molecule has 0 radical (unpaired) electrons. The van der Waals surface area contributed by atoms with Crippen LogP contribution in [-0.2, 0) is 6.54 Å². The van der Waals surface area contributed by atoms with Crippen molar-refractivity contribution in [3.8, 4) is 0 Å². The summed E-state index contributed by atoms with van der Waals surface area (Å²) in [4.78, 5) is 8.99. The summed E-state index contributed by atoms with van der Waals surface area (Å²) in [5, 5.41) is 17.6. The second-order valence-corrected chi connectivity index (χ2v) is 6.67. The Hall–Kier alpha value is -1.60. The molecule has 0 bridgehead atoms. The number of guanidine groups is 1. The predicted octanol–water partition coefficient (Wildman–Crippen LogP) is 0.591. The highest BCUT2D eigenvalue weighted by atomic mass is 16.5. The zero-order valence-corrected chi connectivity index (χ0v) is 14.1. The molecule has 2 N–H and O–H groups in total. The number of aliphatic hydroxyl groups is 1. The first kappa shape index (κ1) is 16.3. The van der Waals surface area contributed by atoms with Gasteiger partial charge in [0.05, 0.1) is 11.3 Å². The summed E-state index contributed by atoms with van der Waals surface area (Å²) in [6, 6.07) is 1.99. The molecular formula is C16H27N5O2. The topological polar surface area (TPSA) is 77.1 Å². The predicted molar refractivity (Wildman–Crippen MR) is 88.3 cm³/mol. The lowest BCUT2D eigenvalue weighted by molar-refractivity contribution is -0.0284. The number of aryl methyl sites for hydroxylation is 1. The molecule has 1 aromatic rings. The van der Waals surface area contributed by atoms with E-state index in [1.807, 2.05) is 13.0 Å². The molecule has 23 heavy (non-hydrogen) atoms. The van der Waals surface area contributed by atoms with E-state index in [0.717, 1.165) is 69.4 Å². The monoisotopic (exact) mass is 321 g/mol. The molecule has 1 aliphatic heterocycles. The van der Waals surface area contributed by atoms with Gasteiger partial charge in [0, 0.05) is 52.4 Å². The first-order valence-electron chi connectivity index (χ1n) is 8.40. The number of nitrogens with zero attached hydrogens (tertiary/aromatic N) is 4. The molecule has 2 aliphatic rings. The van der Waals surface area contributed by atoms with Crippen molar-refractivity contribution in [1.29, 1.82) is 0 Å². The molecule has 1 saturated carbocycles. The molecule has 1 aromatic heterocycles. The van der Waals surface area contributed by atoms with E-state index in [0.29, 0.717) is 6.54 Å². The molecule has 7 nitrogen and oxygen atoms in total. The highest BCUT2D eigenvalue weighted by Crippen LogP contribution is 2.30. The fourth-order valence-electron chi connectivity index (χ4n) is 3.18. The molecule has 0 atom stereocenters. The first-order valence-corrected chi connectivity index (χ1v) is 8.40. The number of hydrogen-bond acceptors (Lipinski definition) is 5. The maximum absolute atomic E-state index is 10.2. The lowest BCUT2D eigenvalue weighted by atomic mass is 9.80. The van der Waals surface area contributed by atoms with Crippen molar-refractivity contribution < 1.29 is 9.63 Å². The summed E-state index contributed by atoms with van der Waals surface area (Å²) in [5.74, 6) is 1.75. The van der Waals surface area contributed by atoms with Gasteiger partial charge in [-0.25, -0.2) is 0 Å². The normalized spacial score (nSPS) is 22.0. The number of piperazine rings is 1. The fraction of sp³-hybridized carbons (Fsp3) is 0.750. The lowest BCUT2D eigenvalue weighted by Gasteiger charge is -2.40. The number of aromatic nitrogens is 1. The molecule has 1 aliphatic carbocycles. The summed E-state index contributed by atoms with van der Waals surface area (Å²) in [5.41, 5.74) is 0.466. The van der Waals surface area contributed by atoms with E-state index in [1.54, 1.807) is 7.05 Å². The molecule has 0 unspecified atom stereocenters. The van der Waals surface area contributed by atoms with Gasteiger partial charge in [-0.3, -0.25) is 9.89 Å². The van der Waals surface area contributed by atoms with Crippen molar-refractivity contribution >= 4 is 5.96 Å². The molecule has 2 fully saturated rings. The molecular weight excluding hydrogens is 294 g/mol. The van der Waals surface area contributed by atoms with E-state index >= 15 is 0 Å². The summed E-state index contributed by atoms with van der Waals surface area (Å²) in [7, 11) is 1.80. The van der Waals surface area contributed by atoms with Gasteiger partial charge in [0.1, 0.15) is 5.76 Å². The van der Waals surface area contributed by atoms with Gasteiger partial charge in [0.25, 0.3) is 0 Å². The van der Waals surface area contributed by atoms with Crippen LogP contribution in [0.1, 0.15) is 30.7 Å². The smallest absolute Gasteiger partial charge is 0.193 e.